The predicted octanol–water partition coefficient (Wildman–Crippen LogP) is 4.63. The Hall–Kier alpha value is -1.64. The van der Waals surface area contributed by atoms with E-state index in [1.54, 1.807) is 10.4 Å². The van der Waals surface area contributed by atoms with Crippen molar-refractivity contribution in [1.29, 1.82) is 0 Å². The first-order chi connectivity index (χ1) is 10.3. The molecule has 0 fully saturated rings. The summed E-state index contributed by atoms with van der Waals surface area (Å²) in [6.07, 6.45) is 4.73. The van der Waals surface area contributed by atoms with Crippen LogP contribution in [0.1, 0.15) is 33.3 Å². The molecule has 0 amide bonds. The van der Waals surface area contributed by atoms with Crippen LogP contribution in [0.5, 0.6) is 0 Å². The fraction of sp³-hybridized carbons (Fsp3) is 0.263. The van der Waals surface area contributed by atoms with Crippen LogP contribution in [-0.2, 0) is 19.3 Å². The van der Waals surface area contributed by atoms with Crippen molar-refractivity contribution in [3.8, 4) is 0 Å². The molecule has 2 N–H and O–H groups in total. The van der Waals surface area contributed by atoms with Gasteiger partial charge in [0.1, 0.15) is 0 Å². The highest BCUT2D eigenvalue weighted by atomic mass is 32.1. The van der Waals surface area contributed by atoms with Gasteiger partial charge >= 0.3 is 0 Å². The Balaban J connectivity index is 1.64. The molecule has 21 heavy (non-hydrogen) atoms. The summed E-state index contributed by atoms with van der Waals surface area (Å²) in [4.78, 5) is 2.92. The molecule has 1 aromatic heterocycles. The number of aryl methyl sites for hydroxylation is 2. The molecule has 0 spiro atoms. The Labute approximate surface area is 129 Å². The zero-order valence-electron chi connectivity index (χ0n) is 12.0. The molecule has 1 heterocycles. The van der Waals surface area contributed by atoms with E-state index in [2.05, 4.69) is 48.5 Å². The van der Waals surface area contributed by atoms with Crippen molar-refractivity contribution < 1.29 is 0 Å². The third kappa shape index (κ3) is 2.39. The zero-order valence-corrected chi connectivity index (χ0v) is 12.8. The molecule has 1 nitrogen and oxygen atoms in total. The lowest BCUT2D eigenvalue weighted by molar-refractivity contribution is 0.739. The number of rotatable bonds is 3. The van der Waals surface area contributed by atoms with Crippen molar-refractivity contribution in [2.45, 2.75) is 31.7 Å². The van der Waals surface area contributed by atoms with Gasteiger partial charge in [-0.1, -0.05) is 42.5 Å². The smallest absolute Gasteiger partial charge is 0.0431 e. The van der Waals surface area contributed by atoms with E-state index in [1.807, 2.05) is 11.3 Å². The number of thiophene rings is 1. The van der Waals surface area contributed by atoms with Gasteiger partial charge < -0.3 is 5.73 Å². The predicted molar refractivity (Wildman–Crippen MR) is 90.9 cm³/mol. The van der Waals surface area contributed by atoms with E-state index in [9.17, 15) is 0 Å². The summed E-state index contributed by atoms with van der Waals surface area (Å²) in [6, 6.07) is 17.6. The van der Waals surface area contributed by atoms with E-state index < -0.39 is 0 Å². The van der Waals surface area contributed by atoms with Gasteiger partial charge in [-0.05, 0) is 53.6 Å². The molecule has 3 aromatic rings. The zero-order chi connectivity index (χ0) is 14.2. The molecule has 0 bridgehead atoms. The second-order valence-electron chi connectivity index (χ2n) is 5.90. The molecule has 2 aromatic carbocycles. The molecule has 0 saturated carbocycles. The van der Waals surface area contributed by atoms with E-state index in [0.717, 1.165) is 6.42 Å². The van der Waals surface area contributed by atoms with Crippen LogP contribution >= 0.6 is 11.3 Å². The third-order valence-corrected chi connectivity index (χ3v) is 5.82. The van der Waals surface area contributed by atoms with Crippen LogP contribution in [-0.4, -0.2) is 0 Å². The maximum atomic E-state index is 6.49. The lowest BCUT2D eigenvalue weighted by atomic mass is 9.98. The van der Waals surface area contributed by atoms with Crippen LogP contribution in [0.2, 0.25) is 0 Å². The standard InChI is InChI=1S/C19H19NS/c20-17(19-12-15-8-4-10-18(15)21-19)11-14-7-3-6-13-5-1-2-9-16(13)14/h1-3,5-7,9,12,17H,4,8,10-11,20H2. The molecule has 0 aliphatic heterocycles. The van der Waals surface area contributed by atoms with Gasteiger partial charge in [0.05, 0.1) is 0 Å². The summed E-state index contributed by atoms with van der Waals surface area (Å²) in [7, 11) is 0. The summed E-state index contributed by atoms with van der Waals surface area (Å²) in [5, 5.41) is 2.63. The van der Waals surface area contributed by atoms with E-state index >= 15 is 0 Å². The Morgan fingerprint density at radius 2 is 1.90 bits per heavy atom. The highest BCUT2D eigenvalue weighted by Gasteiger charge is 2.18. The maximum Gasteiger partial charge on any atom is 0.0431 e. The molecule has 1 unspecified atom stereocenters. The summed E-state index contributed by atoms with van der Waals surface area (Å²) < 4.78 is 0. The minimum absolute atomic E-state index is 0.117. The van der Waals surface area contributed by atoms with Crippen molar-refractivity contribution >= 4 is 22.1 Å². The number of fused-ring (bicyclic) bond motifs is 2. The van der Waals surface area contributed by atoms with Crippen LogP contribution < -0.4 is 5.73 Å². The quantitative estimate of drug-likeness (QED) is 0.748. The average Bonchev–Trinajstić information content (AvgIpc) is 3.09. The van der Waals surface area contributed by atoms with Gasteiger partial charge in [0.25, 0.3) is 0 Å². The van der Waals surface area contributed by atoms with E-state index in [4.69, 9.17) is 5.73 Å². The first-order valence-electron chi connectivity index (χ1n) is 7.65. The van der Waals surface area contributed by atoms with Gasteiger partial charge in [-0.2, -0.15) is 0 Å². The molecule has 106 valence electrons. The van der Waals surface area contributed by atoms with Gasteiger partial charge in [0.2, 0.25) is 0 Å². The molecule has 2 heteroatoms. The Kier molecular flexibility index (Phi) is 3.28. The third-order valence-electron chi connectivity index (χ3n) is 4.45. The lowest BCUT2D eigenvalue weighted by Gasteiger charge is -2.12. The molecule has 1 atom stereocenters. The van der Waals surface area contributed by atoms with E-state index in [-0.39, 0.29) is 6.04 Å². The monoisotopic (exact) mass is 293 g/mol. The van der Waals surface area contributed by atoms with E-state index in [1.165, 1.54) is 40.5 Å². The largest absolute Gasteiger partial charge is 0.323 e. The van der Waals surface area contributed by atoms with Crippen molar-refractivity contribution in [2.75, 3.05) is 0 Å². The molecule has 1 aliphatic carbocycles. The number of nitrogens with two attached hydrogens (primary N) is 1. The second-order valence-corrected chi connectivity index (χ2v) is 7.07. The van der Waals surface area contributed by atoms with Gasteiger partial charge in [-0.15, -0.1) is 11.3 Å². The molecule has 0 radical (unpaired) electrons. The van der Waals surface area contributed by atoms with Crippen LogP contribution in [0.25, 0.3) is 10.8 Å². The topological polar surface area (TPSA) is 26.0 Å². The van der Waals surface area contributed by atoms with Crippen molar-refractivity contribution in [2.24, 2.45) is 5.73 Å². The summed E-state index contributed by atoms with van der Waals surface area (Å²) in [6.45, 7) is 0. The van der Waals surface area contributed by atoms with Crippen LogP contribution in [0.3, 0.4) is 0 Å². The minimum Gasteiger partial charge on any atom is -0.323 e. The van der Waals surface area contributed by atoms with Crippen LogP contribution in [0.15, 0.2) is 48.5 Å². The average molecular weight is 293 g/mol. The fourth-order valence-electron chi connectivity index (χ4n) is 3.34. The van der Waals surface area contributed by atoms with E-state index in [0.29, 0.717) is 0 Å². The molecular formula is C19H19NS. The first-order valence-corrected chi connectivity index (χ1v) is 8.46. The lowest BCUT2D eigenvalue weighted by Crippen LogP contribution is -2.12. The van der Waals surface area contributed by atoms with Gasteiger partial charge in [-0.25, -0.2) is 0 Å². The van der Waals surface area contributed by atoms with Gasteiger partial charge in [0.15, 0.2) is 0 Å². The summed E-state index contributed by atoms with van der Waals surface area (Å²) >= 11 is 1.93. The fourth-order valence-corrected chi connectivity index (χ4v) is 4.60. The maximum absolute atomic E-state index is 6.49. The SMILES string of the molecule is NC(Cc1cccc2ccccc12)c1cc2c(s1)CCC2. The molecular weight excluding hydrogens is 274 g/mol. The molecule has 4 rings (SSSR count). The minimum atomic E-state index is 0.117. The van der Waals surface area contributed by atoms with Crippen molar-refractivity contribution in [1.82, 2.24) is 0 Å². The van der Waals surface area contributed by atoms with Crippen molar-refractivity contribution in [3.05, 3.63) is 69.4 Å². The highest BCUT2D eigenvalue weighted by molar-refractivity contribution is 7.12. The first kappa shape index (κ1) is 13.1. The van der Waals surface area contributed by atoms with Gasteiger partial charge in [0, 0.05) is 15.8 Å². The van der Waals surface area contributed by atoms with Crippen molar-refractivity contribution in [3.63, 3.8) is 0 Å². The van der Waals surface area contributed by atoms with Crippen LogP contribution in [0, 0.1) is 0 Å². The number of hydrogen-bond donors (Lipinski definition) is 1. The van der Waals surface area contributed by atoms with Gasteiger partial charge in [-0.3, -0.25) is 0 Å². The molecule has 0 saturated heterocycles. The number of hydrogen-bond acceptors (Lipinski definition) is 2. The highest BCUT2D eigenvalue weighted by Crippen LogP contribution is 2.34. The summed E-state index contributed by atoms with van der Waals surface area (Å²) in [5.41, 5.74) is 9.39. The number of benzene rings is 2. The molecule has 1 aliphatic rings. The van der Waals surface area contributed by atoms with Crippen LogP contribution in [0.4, 0.5) is 0 Å². The Bertz CT molecular complexity index is 760. The second kappa shape index (κ2) is 5.28. The Morgan fingerprint density at radius 1 is 1.05 bits per heavy atom. The Morgan fingerprint density at radius 3 is 2.81 bits per heavy atom. The normalized spacial score (nSPS) is 15.3. The summed E-state index contributed by atoms with van der Waals surface area (Å²) in [5.74, 6) is 0.